The number of nitrogens with zero attached hydrogens (tertiary/aromatic N) is 3. The van der Waals surface area contributed by atoms with Crippen LogP contribution in [0.3, 0.4) is 0 Å². The number of aryl methyl sites for hydroxylation is 3. The molecule has 0 spiro atoms. The van der Waals surface area contributed by atoms with Gasteiger partial charge in [-0.1, -0.05) is 24.3 Å². The zero-order chi connectivity index (χ0) is 25.4. The third kappa shape index (κ3) is 4.56. The van der Waals surface area contributed by atoms with E-state index >= 15 is 0 Å². The molecule has 1 aromatic carbocycles. The van der Waals surface area contributed by atoms with Gasteiger partial charge in [-0.2, -0.15) is 5.26 Å². The topological polar surface area (TPSA) is 79.9 Å². The first kappa shape index (κ1) is 24.3. The normalized spacial score (nSPS) is 21.3. The van der Waals surface area contributed by atoms with Crippen molar-refractivity contribution in [1.29, 1.82) is 5.26 Å². The number of ether oxygens (including phenoxy) is 1. The van der Waals surface area contributed by atoms with Crippen LogP contribution in [0.1, 0.15) is 79.2 Å². The molecular weight excluding hydrogens is 448 g/mol. The maximum Gasteiger partial charge on any atom is 0.244 e. The number of hydrogen-bond donors (Lipinski definition) is 1. The minimum absolute atomic E-state index is 0.0623. The summed E-state index contributed by atoms with van der Waals surface area (Å²) in [6.45, 7) is 8.77. The zero-order valence-corrected chi connectivity index (χ0v) is 21.6. The lowest BCUT2D eigenvalue weighted by atomic mass is 9.87. The predicted octanol–water partition coefficient (Wildman–Crippen LogP) is 5.54. The summed E-state index contributed by atoms with van der Waals surface area (Å²) in [4.78, 5) is 17.9. The van der Waals surface area contributed by atoms with Crippen molar-refractivity contribution in [3.8, 4) is 6.07 Å². The summed E-state index contributed by atoms with van der Waals surface area (Å²) in [5, 5.41) is 14.3. The summed E-state index contributed by atoms with van der Waals surface area (Å²) in [5.41, 5.74) is 6.46. The Morgan fingerprint density at radius 2 is 2.08 bits per heavy atom. The molecule has 0 saturated carbocycles. The van der Waals surface area contributed by atoms with Crippen LogP contribution in [0.15, 0.2) is 36.4 Å². The molecule has 6 nitrogen and oxygen atoms in total. The number of amides is 1. The van der Waals surface area contributed by atoms with E-state index in [9.17, 15) is 10.1 Å². The molecule has 1 N–H and O–H groups in total. The predicted molar refractivity (Wildman–Crippen MR) is 142 cm³/mol. The van der Waals surface area contributed by atoms with Gasteiger partial charge in [0.2, 0.25) is 5.91 Å². The molecule has 5 rings (SSSR count). The highest BCUT2D eigenvalue weighted by Gasteiger charge is 2.30. The van der Waals surface area contributed by atoms with Gasteiger partial charge in [-0.25, -0.2) is 4.98 Å². The van der Waals surface area contributed by atoms with Crippen LogP contribution in [0, 0.1) is 25.2 Å². The fourth-order valence-electron chi connectivity index (χ4n) is 6.01. The maximum absolute atomic E-state index is 13.0. The quantitative estimate of drug-likeness (QED) is 0.495. The first-order valence-corrected chi connectivity index (χ1v) is 12.9. The number of carbonyl (C=O) groups is 1. The number of benzene rings is 1. The lowest BCUT2D eigenvalue weighted by Crippen LogP contribution is -2.45. The van der Waals surface area contributed by atoms with Crippen LogP contribution in [0.5, 0.6) is 0 Å². The molecule has 1 aliphatic carbocycles. The fraction of sp³-hybridized carbons (Fsp3) is 0.433. The molecule has 186 valence electrons. The fourth-order valence-corrected chi connectivity index (χ4v) is 6.01. The first-order valence-electron chi connectivity index (χ1n) is 12.9. The van der Waals surface area contributed by atoms with Gasteiger partial charge in [0.05, 0.1) is 22.9 Å². The zero-order valence-electron chi connectivity index (χ0n) is 21.6. The van der Waals surface area contributed by atoms with Crippen LogP contribution in [0.2, 0.25) is 0 Å². The Hall–Kier alpha value is -3.43. The van der Waals surface area contributed by atoms with Crippen molar-refractivity contribution >= 4 is 23.0 Å². The molecule has 2 aromatic heterocycles. The highest BCUT2D eigenvalue weighted by Crippen LogP contribution is 2.39. The Morgan fingerprint density at radius 3 is 2.86 bits per heavy atom. The molecule has 2 aliphatic rings. The van der Waals surface area contributed by atoms with E-state index in [1.165, 1.54) is 11.1 Å². The van der Waals surface area contributed by atoms with Crippen molar-refractivity contribution in [3.63, 3.8) is 0 Å². The molecule has 3 heterocycles. The molecule has 0 radical (unpaired) electrons. The van der Waals surface area contributed by atoms with Crippen LogP contribution in [0.25, 0.3) is 17.1 Å². The second kappa shape index (κ2) is 9.55. The smallest absolute Gasteiger partial charge is 0.244 e. The largest absolute Gasteiger partial charge is 0.375 e. The van der Waals surface area contributed by atoms with Gasteiger partial charge in [-0.15, -0.1) is 0 Å². The number of nitrogens with one attached hydrogen (secondary N) is 1. The Balaban J connectivity index is 1.59. The first-order chi connectivity index (χ1) is 17.3. The number of rotatable bonds is 4. The molecule has 0 bridgehead atoms. The second-order valence-corrected chi connectivity index (χ2v) is 10.8. The van der Waals surface area contributed by atoms with Crippen molar-refractivity contribution in [2.45, 2.75) is 77.5 Å². The molecule has 1 fully saturated rings. The van der Waals surface area contributed by atoms with Gasteiger partial charge >= 0.3 is 0 Å². The van der Waals surface area contributed by atoms with Crippen molar-refractivity contribution in [3.05, 3.63) is 70.0 Å². The van der Waals surface area contributed by atoms with Crippen LogP contribution < -0.4 is 5.32 Å². The molecule has 3 aromatic rings. The van der Waals surface area contributed by atoms with Crippen molar-refractivity contribution in [2.24, 2.45) is 0 Å². The lowest BCUT2D eigenvalue weighted by molar-refractivity contribution is -0.119. The van der Waals surface area contributed by atoms with Gasteiger partial charge in [0.1, 0.15) is 11.7 Å². The van der Waals surface area contributed by atoms with Crippen LogP contribution in [-0.4, -0.2) is 33.7 Å². The summed E-state index contributed by atoms with van der Waals surface area (Å²) in [5.74, 6) is -0.150. The lowest BCUT2D eigenvalue weighted by Gasteiger charge is -2.35. The minimum Gasteiger partial charge on any atom is -0.375 e. The van der Waals surface area contributed by atoms with Crippen molar-refractivity contribution in [2.75, 3.05) is 6.61 Å². The summed E-state index contributed by atoms with van der Waals surface area (Å²) < 4.78 is 7.99. The maximum atomic E-state index is 13.0. The van der Waals surface area contributed by atoms with Gasteiger partial charge in [-0.05, 0) is 88.6 Å². The summed E-state index contributed by atoms with van der Waals surface area (Å²) in [6, 6.07) is 13.1. The van der Waals surface area contributed by atoms with Gasteiger partial charge in [0.15, 0.2) is 0 Å². The molecule has 6 heteroatoms. The van der Waals surface area contributed by atoms with E-state index < -0.39 is 0 Å². The summed E-state index contributed by atoms with van der Waals surface area (Å²) in [7, 11) is 0. The molecule has 2 atom stereocenters. The van der Waals surface area contributed by atoms with E-state index in [-0.39, 0.29) is 23.6 Å². The SMILES string of the molecule is Cc1cc(C)c2c(C#N)c(/C=C/C(=O)N[C@@H]3CCOC(C)(C)C3)n([C@@H]3CCCc4ccccc43)c2n1. The number of carbonyl (C=O) groups excluding carboxylic acids is 1. The molecule has 36 heavy (non-hydrogen) atoms. The van der Waals surface area contributed by atoms with Crippen molar-refractivity contribution < 1.29 is 9.53 Å². The number of fused-ring (bicyclic) bond motifs is 2. The summed E-state index contributed by atoms with van der Waals surface area (Å²) >= 11 is 0. The van der Waals surface area contributed by atoms with E-state index in [2.05, 4.69) is 54.1 Å². The summed E-state index contributed by atoms with van der Waals surface area (Å²) in [6.07, 6.45) is 8.04. The third-order valence-corrected chi connectivity index (χ3v) is 7.52. The van der Waals surface area contributed by atoms with E-state index in [1.807, 2.05) is 26.0 Å². The van der Waals surface area contributed by atoms with Gasteiger partial charge in [0.25, 0.3) is 0 Å². The number of hydrogen-bond acceptors (Lipinski definition) is 4. The van der Waals surface area contributed by atoms with Crippen LogP contribution in [-0.2, 0) is 16.0 Å². The monoisotopic (exact) mass is 482 g/mol. The standard InChI is InChI=1S/C30H34N4O2/c1-19-16-20(2)32-29-28(19)24(18-31)26(12-13-27(35)33-22-14-15-36-30(3,4)17-22)34(29)25-11-7-9-21-8-5-6-10-23(21)25/h5-6,8,10,12-13,16,22,25H,7,9,11,14-15,17H2,1-4H3,(H,33,35)/b13-12+/t22-,25-/m1/s1. The Labute approximate surface area is 213 Å². The van der Waals surface area contributed by atoms with Crippen LogP contribution >= 0.6 is 0 Å². The van der Waals surface area contributed by atoms with Crippen molar-refractivity contribution in [1.82, 2.24) is 14.9 Å². The number of pyridine rings is 1. The van der Waals surface area contributed by atoms with E-state index in [0.717, 1.165) is 60.1 Å². The molecule has 1 amide bonds. The molecule has 1 aliphatic heterocycles. The molecule has 1 saturated heterocycles. The van der Waals surface area contributed by atoms with Gasteiger partial charge in [-0.3, -0.25) is 4.79 Å². The molecule has 0 unspecified atom stereocenters. The highest BCUT2D eigenvalue weighted by atomic mass is 16.5. The Kier molecular flexibility index (Phi) is 6.44. The third-order valence-electron chi connectivity index (χ3n) is 7.52. The van der Waals surface area contributed by atoms with Crippen LogP contribution in [0.4, 0.5) is 0 Å². The average Bonchev–Trinajstić information content (AvgIpc) is 3.15. The number of nitriles is 1. The Morgan fingerprint density at radius 1 is 1.28 bits per heavy atom. The van der Waals surface area contributed by atoms with Gasteiger partial charge in [0, 0.05) is 29.8 Å². The van der Waals surface area contributed by atoms with E-state index in [4.69, 9.17) is 9.72 Å². The highest BCUT2D eigenvalue weighted by molar-refractivity contribution is 5.96. The minimum atomic E-state index is -0.240. The Bertz CT molecular complexity index is 1390. The average molecular weight is 483 g/mol. The van der Waals surface area contributed by atoms with Gasteiger partial charge < -0.3 is 14.6 Å². The van der Waals surface area contributed by atoms with E-state index in [0.29, 0.717) is 12.2 Å². The number of aromatic nitrogens is 2. The molecular formula is C30H34N4O2. The second-order valence-electron chi connectivity index (χ2n) is 10.8. The van der Waals surface area contributed by atoms with E-state index in [1.54, 1.807) is 6.08 Å².